The Balaban J connectivity index is 1.73. The summed E-state index contributed by atoms with van der Waals surface area (Å²) in [6.07, 6.45) is 0. The van der Waals surface area contributed by atoms with Crippen LogP contribution in [0.1, 0.15) is 19.4 Å². The smallest absolute Gasteiger partial charge is 0.264 e. The molecule has 0 saturated heterocycles. The van der Waals surface area contributed by atoms with Crippen LogP contribution in [0.15, 0.2) is 82.2 Å². The van der Waals surface area contributed by atoms with Crippen molar-refractivity contribution in [2.24, 2.45) is 0 Å². The highest BCUT2D eigenvalue weighted by Gasteiger charge is 2.33. The van der Waals surface area contributed by atoms with E-state index in [0.29, 0.717) is 31.3 Å². The molecule has 1 heterocycles. The number of benzene rings is 3. The number of rotatable bonds is 10. The summed E-state index contributed by atoms with van der Waals surface area (Å²) in [7, 11) is -4.16. The second-order valence-electron chi connectivity index (χ2n) is 8.87. The van der Waals surface area contributed by atoms with Gasteiger partial charge in [0.2, 0.25) is 11.8 Å². The van der Waals surface area contributed by atoms with Gasteiger partial charge in [0.1, 0.15) is 25.8 Å². The molecule has 0 fully saturated rings. The van der Waals surface area contributed by atoms with Crippen LogP contribution in [0.25, 0.3) is 0 Å². The summed E-state index contributed by atoms with van der Waals surface area (Å²) >= 11 is 3.40. The van der Waals surface area contributed by atoms with Crippen LogP contribution in [-0.4, -0.2) is 57.5 Å². The van der Waals surface area contributed by atoms with Crippen LogP contribution < -0.4 is 19.1 Å². The van der Waals surface area contributed by atoms with Crippen LogP contribution in [0.5, 0.6) is 11.5 Å². The first-order valence-corrected chi connectivity index (χ1v) is 14.7. The second-order valence-corrected chi connectivity index (χ2v) is 11.6. The fraction of sp³-hybridized carbons (Fsp3) is 0.286. The molecule has 1 aliphatic rings. The number of hydrogen-bond donors (Lipinski definition) is 1. The van der Waals surface area contributed by atoms with Crippen molar-refractivity contribution in [3.8, 4) is 11.5 Å². The molecular weight excluding hydrogens is 586 g/mol. The average Bonchev–Trinajstić information content (AvgIpc) is 2.95. The number of carbonyl (C=O) groups is 2. The second kappa shape index (κ2) is 12.5. The molecule has 0 radical (unpaired) electrons. The molecule has 9 nitrogen and oxygen atoms in total. The van der Waals surface area contributed by atoms with Crippen molar-refractivity contribution in [3.05, 3.63) is 82.8 Å². The van der Waals surface area contributed by atoms with E-state index in [1.54, 1.807) is 50.2 Å². The molecule has 0 unspecified atom stereocenters. The maximum atomic E-state index is 13.9. The fourth-order valence-corrected chi connectivity index (χ4v) is 5.82. The number of hydrogen-bond acceptors (Lipinski definition) is 6. The summed E-state index contributed by atoms with van der Waals surface area (Å²) in [5, 5.41) is 2.75. The molecule has 4 rings (SSSR count). The molecule has 11 heteroatoms. The standard InChI is InChI=1S/C28H30BrN3O6S/c1-3-30-28(34)20(2)31(18-21-9-11-22(29)12-10-21)27(33)19-32(39(35,36)24-7-5-4-6-8-24)23-13-14-25-26(17-23)38-16-15-37-25/h4-14,17,20H,3,15-16,18-19H2,1-2H3,(H,30,34)/t20-/m0/s1. The number of amides is 2. The van der Waals surface area contributed by atoms with Crippen LogP contribution in [0.3, 0.4) is 0 Å². The molecule has 2 amide bonds. The summed E-state index contributed by atoms with van der Waals surface area (Å²) in [5.74, 6) is 0.0165. The third kappa shape index (κ3) is 6.72. The number of nitrogens with zero attached hydrogens (tertiary/aromatic N) is 2. The lowest BCUT2D eigenvalue weighted by Gasteiger charge is -2.32. The SMILES string of the molecule is CCNC(=O)[C@H](C)N(Cc1ccc(Br)cc1)C(=O)CN(c1ccc2c(c1)OCCO2)S(=O)(=O)c1ccccc1. The summed E-state index contributed by atoms with van der Waals surface area (Å²) in [4.78, 5) is 28.1. The maximum absolute atomic E-state index is 13.9. The first-order chi connectivity index (χ1) is 18.7. The monoisotopic (exact) mass is 615 g/mol. The van der Waals surface area contributed by atoms with Gasteiger partial charge in [-0.2, -0.15) is 0 Å². The van der Waals surface area contributed by atoms with Crippen molar-refractivity contribution in [1.29, 1.82) is 0 Å². The van der Waals surface area contributed by atoms with Gasteiger partial charge in [-0.1, -0.05) is 46.3 Å². The zero-order valence-electron chi connectivity index (χ0n) is 21.7. The molecular formula is C28H30BrN3O6S. The third-order valence-corrected chi connectivity index (χ3v) is 8.53. The lowest BCUT2D eigenvalue weighted by Crippen LogP contribution is -2.51. The van der Waals surface area contributed by atoms with Gasteiger partial charge in [-0.25, -0.2) is 8.42 Å². The van der Waals surface area contributed by atoms with Gasteiger partial charge >= 0.3 is 0 Å². The Labute approximate surface area is 236 Å². The molecule has 1 atom stereocenters. The van der Waals surface area contributed by atoms with E-state index in [1.807, 2.05) is 24.3 Å². The lowest BCUT2D eigenvalue weighted by atomic mass is 10.1. The van der Waals surface area contributed by atoms with Gasteiger partial charge in [-0.15, -0.1) is 0 Å². The van der Waals surface area contributed by atoms with Crippen molar-refractivity contribution in [1.82, 2.24) is 10.2 Å². The molecule has 0 aromatic heterocycles. The largest absolute Gasteiger partial charge is 0.486 e. The van der Waals surface area contributed by atoms with Crippen molar-refractivity contribution in [2.75, 3.05) is 30.6 Å². The molecule has 0 aliphatic carbocycles. The Hall–Kier alpha value is -3.57. The minimum Gasteiger partial charge on any atom is -0.486 e. The van der Waals surface area contributed by atoms with Gasteiger partial charge < -0.3 is 19.7 Å². The fourth-order valence-electron chi connectivity index (χ4n) is 4.13. The number of sulfonamides is 1. The molecule has 3 aromatic rings. The Bertz CT molecular complexity index is 1420. The third-order valence-electron chi connectivity index (χ3n) is 6.21. The van der Waals surface area contributed by atoms with Crippen LogP contribution in [0.4, 0.5) is 5.69 Å². The topological polar surface area (TPSA) is 105 Å². The molecule has 1 aliphatic heterocycles. The Kier molecular flexibility index (Phi) is 9.13. The summed E-state index contributed by atoms with van der Waals surface area (Å²) < 4.78 is 40.9. The van der Waals surface area contributed by atoms with Gasteiger partial charge in [-0.05, 0) is 55.8 Å². The van der Waals surface area contributed by atoms with Gasteiger partial charge in [0.05, 0.1) is 10.6 Å². The van der Waals surface area contributed by atoms with Crippen LogP contribution >= 0.6 is 15.9 Å². The van der Waals surface area contributed by atoms with Crippen LogP contribution in [0.2, 0.25) is 0 Å². The van der Waals surface area contributed by atoms with Crippen molar-refractivity contribution in [3.63, 3.8) is 0 Å². The molecule has 0 saturated carbocycles. The summed E-state index contributed by atoms with van der Waals surface area (Å²) in [5.41, 5.74) is 1.03. The van der Waals surface area contributed by atoms with Crippen molar-refractivity contribution in [2.45, 2.75) is 31.3 Å². The van der Waals surface area contributed by atoms with E-state index in [1.165, 1.54) is 17.0 Å². The van der Waals surface area contributed by atoms with Crippen molar-refractivity contribution < 1.29 is 27.5 Å². The highest BCUT2D eigenvalue weighted by atomic mass is 79.9. The highest BCUT2D eigenvalue weighted by Crippen LogP contribution is 2.36. The predicted molar refractivity (Wildman–Crippen MR) is 151 cm³/mol. The molecule has 1 N–H and O–H groups in total. The minimum absolute atomic E-state index is 0.0314. The number of anilines is 1. The molecule has 39 heavy (non-hydrogen) atoms. The van der Waals surface area contributed by atoms with E-state index in [-0.39, 0.29) is 23.0 Å². The number of halogens is 1. The van der Waals surface area contributed by atoms with E-state index >= 15 is 0 Å². The zero-order valence-corrected chi connectivity index (χ0v) is 24.1. The van der Waals surface area contributed by atoms with Gasteiger partial charge in [0.25, 0.3) is 10.0 Å². The average molecular weight is 617 g/mol. The lowest BCUT2D eigenvalue weighted by molar-refractivity contribution is -0.139. The minimum atomic E-state index is -4.16. The Morgan fingerprint density at radius 2 is 1.64 bits per heavy atom. The summed E-state index contributed by atoms with van der Waals surface area (Å²) in [6.45, 7) is 4.12. The number of fused-ring (bicyclic) bond motifs is 1. The maximum Gasteiger partial charge on any atom is 0.264 e. The van der Waals surface area contributed by atoms with E-state index in [2.05, 4.69) is 21.2 Å². The van der Waals surface area contributed by atoms with Gasteiger partial charge in [-0.3, -0.25) is 13.9 Å². The van der Waals surface area contributed by atoms with E-state index in [4.69, 9.17) is 9.47 Å². The predicted octanol–water partition coefficient (Wildman–Crippen LogP) is 3.97. The molecule has 0 spiro atoms. The summed E-state index contributed by atoms with van der Waals surface area (Å²) in [6, 6.07) is 19.2. The number of ether oxygens (including phenoxy) is 2. The number of nitrogens with one attached hydrogen (secondary N) is 1. The molecule has 206 valence electrons. The van der Waals surface area contributed by atoms with E-state index < -0.39 is 28.5 Å². The van der Waals surface area contributed by atoms with Gasteiger partial charge in [0.15, 0.2) is 11.5 Å². The number of likely N-dealkylation sites (N-methyl/N-ethyl adjacent to an activating group) is 1. The highest BCUT2D eigenvalue weighted by molar-refractivity contribution is 9.10. The van der Waals surface area contributed by atoms with Crippen LogP contribution in [0, 0.1) is 0 Å². The Morgan fingerprint density at radius 3 is 2.31 bits per heavy atom. The first-order valence-electron chi connectivity index (χ1n) is 12.5. The van der Waals surface area contributed by atoms with E-state index in [0.717, 1.165) is 14.3 Å². The van der Waals surface area contributed by atoms with Crippen molar-refractivity contribution >= 4 is 43.5 Å². The van der Waals surface area contributed by atoms with E-state index in [9.17, 15) is 18.0 Å². The quantitative estimate of drug-likeness (QED) is 0.370. The Morgan fingerprint density at radius 1 is 0.974 bits per heavy atom. The zero-order chi connectivity index (χ0) is 28.0. The molecule has 3 aromatic carbocycles. The molecule has 0 bridgehead atoms. The van der Waals surface area contributed by atoms with Gasteiger partial charge in [0, 0.05) is 23.6 Å². The number of carbonyl (C=O) groups excluding carboxylic acids is 2. The van der Waals surface area contributed by atoms with Crippen LogP contribution in [-0.2, 0) is 26.2 Å². The normalized spacial score (nSPS) is 13.3. The first kappa shape index (κ1) is 28.4.